The van der Waals surface area contributed by atoms with Crippen molar-refractivity contribution in [3.8, 4) is 0 Å². The minimum absolute atomic E-state index is 0. The molecule has 0 fully saturated rings. The number of anilines is 1. The van der Waals surface area contributed by atoms with Gasteiger partial charge in [0.15, 0.2) is 0 Å². The number of carbonyl (C=O) groups is 1. The molecule has 5 nitrogen and oxygen atoms in total. The Morgan fingerprint density at radius 1 is 1.27 bits per heavy atom. The van der Waals surface area contributed by atoms with Crippen LogP contribution in [0.2, 0.25) is 0 Å². The maximum absolute atomic E-state index is 11.9. The third kappa shape index (κ3) is 5.02. The lowest BCUT2D eigenvalue weighted by molar-refractivity contribution is -0.143. The smallest absolute Gasteiger partial charge is 0.323 e. The monoisotopic (exact) mass is 321 g/mol. The molecule has 0 spiro atoms. The van der Waals surface area contributed by atoms with Gasteiger partial charge in [-0.1, -0.05) is 36.4 Å². The molecule has 2 aromatic rings. The molecule has 0 aliphatic heterocycles. The van der Waals surface area contributed by atoms with Gasteiger partial charge in [0.1, 0.15) is 11.9 Å². The van der Waals surface area contributed by atoms with E-state index in [1.807, 2.05) is 42.5 Å². The molecule has 1 aromatic heterocycles. The van der Waals surface area contributed by atoms with E-state index in [0.717, 1.165) is 11.1 Å². The van der Waals surface area contributed by atoms with E-state index in [9.17, 15) is 4.79 Å². The molecule has 1 heterocycles. The number of aromatic nitrogens is 1. The van der Waals surface area contributed by atoms with Crippen molar-refractivity contribution < 1.29 is 9.53 Å². The number of carbonyl (C=O) groups excluding carboxylic acids is 1. The summed E-state index contributed by atoms with van der Waals surface area (Å²) in [5.74, 6) is 0.176. The molecule has 22 heavy (non-hydrogen) atoms. The zero-order chi connectivity index (χ0) is 15.1. The van der Waals surface area contributed by atoms with Crippen LogP contribution in [0.15, 0.2) is 48.7 Å². The van der Waals surface area contributed by atoms with Gasteiger partial charge in [-0.05, 0) is 18.1 Å². The molecule has 1 unspecified atom stereocenters. The van der Waals surface area contributed by atoms with Crippen molar-refractivity contribution in [3.05, 3.63) is 59.8 Å². The Hall–Kier alpha value is -2.11. The maximum atomic E-state index is 11.9. The SMILES string of the molecule is COC(=O)C(Cc1ccccc1)NCc1cccnc1N.Cl. The Kier molecular flexibility index (Phi) is 7.36. The Balaban J connectivity index is 0.00000242. The lowest BCUT2D eigenvalue weighted by Gasteiger charge is -2.17. The molecule has 2 rings (SSSR count). The number of pyridine rings is 1. The van der Waals surface area contributed by atoms with Gasteiger partial charge in [0.25, 0.3) is 0 Å². The van der Waals surface area contributed by atoms with Crippen molar-refractivity contribution in [1.82, 2.24) is 10.3 Å². The third-order valence-electron chi connectivity index (χ3n) is 3.23. The number of nitrogen functional groups attached to an aromatic ring is 1. The van der Waals surface area contributed by atoms with Gasteiger partial charge in [-0.3, -0.25) is 10.1 Å². The highest BCUT2D eigenvalue weighted by molar-refractivity contribution is 5.85. The normalized spacial score (nSPS) is 11.3. The van der Waals surface area contributed by atoms with Gasteiger partial charge in [-0.25, -0.2) is 4.98 Å². The van der Waals surface area contributed by atoms with Gasteiger partial charge >= 0.3 is 5.97 Å². The highest BCUT2D eigenvalue weighted by Crippen LogP contribution is 2.09. The number of esters is 1. The van der Waals surface area contributed by atoms with Gasteiger partial charge in [-0.15, -0.1) is 12.4 Å². The number of hydrogen-bond donors (Lipinski definition) is 2. The molecule has 0 saturated carbocycles. The predicted octanol–water partition coefficient (Wildman–Crippen LogP) is 1.96. The first-order chi connectivity index (χ1) is 10.2. The maximum Gasteiger partial charge on any atom is 0.323 e. The van der Waals surface area contributed by atoms with Crippen LogP contribution in [0.25, 0.3) is 0 Å². The Bertz CT molecular complexity index is 593. The standard InChI is InChI=1S/C16H19N3O2.ClH/c1-21-16(20)14(10-12-6-3-2-4-7-12)19-11-13-8-5-9-18-15(13)17;/h2-9,14,19H,10-11H2,1H3,(H2,17,18);1H. The van der Waals surface area contributed by atoms with Crippen LogP contribution in [-0.2, 0) is 22.5 Å². The molecule has 0 radical (unpaired) electrons. The molecule has 3 N–H and O–H groups in total. The molecule has 0 aliphatic carbocycles. The van der Waals surface area contributed by atoms with Gasteiger partial charge in [0, 0.05) is 18.3 Å². The van der Waals surface area contributed by atoms with Gasteiger partial charge < -0.3 is 10.5 Å². The summed E-state index contributed by atoms with van der Waals surface area (Å²) in [6, 6.07) is 13.1. The molecule has 1 atom stereocenters. The lowest BCUT2D eigenvalue weighted by atomic mass is 10.1. The summed E-state index contributed by atoms with van der Waals surface area (Å²) in [6.45, 7) is 0.465. The summed E-state index contributed by atoms with van der Waals surface area (Å²) in [5, 5.41) is 3.18. The first kappa shape index (κ1) is 17.9. The quantitative estimate of drug-likeness (QED) is 0.795. The molecule has 0 bridgehead atoms. The van der Waals surface area contributed by atoms with Crippen LogP contribution in [-0.4, -0.2) is 24.1 Å². The van der Waals surface area contributed by atoms with Crippen LogP contribution in [0.1, 0.15) is 11.1 Å². The highest BCUT2D eigenvalue weighted by Gasteiger charge is 2.19. The van der Waals surface area contributed by atoms with Crippen LogP contribution in [0.4, 0.5) is 5.82 Å². The molecule has 1 aromatic carbocycles. The van der Waals surface area contributed by atoms with E-state index in [-0.39, 0.29) is 18.4 Å². The summed E-state index contributed by atoms with van der Waals surface area (Å²) in [6.07, 6.45) is 2.20. The van der Waals surface area contributed by atoms with Crippen LogP contribution >= 0.6 is 12.4 Å². The van der Waals surface area contributed by atoms with Crippen molar-refractivity contribution in [2.45, 2.75) is 19.0 Å². The van der Waals surface area contributed by atoms with E-state index in [0.29, 0.717) is 18.8 Å². The number of nitrogens with one attached hydrogen (secondary N) is 1. The number of rotatable bonds is 6. The van der Waals surface area contributed by atoms with E-state index in [1.54, 1.807) is 6.20 Å². The summed E-state index contributed by atoms with van der Waals surface area (Å²) in [7, 11) is 1.39. The van der Waals surface area contributed by atoms with Gasteiger partial charge in [-0.2, -0.15) is 0 Å². The molecular formula is C16H20ClN3O2. The summed E-state index contributed by atoms with van der Waals surface area (Å²) in [5.41, 5.74) is 7.73. The fourth-order valence-corrected chi connectivity index (χ4v) is 2.06. The molecule has 118 valence electrons. The number of nitrogens with zero attached hydrogens (tertiary/aromatic N) is 1. The van der Waals surface area contributed by atoms with E-state index in [1.165, 1.54) is 7.11 Å². The van der Waals surface area contributed by atoms with Crippen molar-refractivity contribution in [1.29, 1.82) is 0 Å². The average Bonchev–Trinajstić information content (AvgIpc) is 2.53. The topological polar surface area (TPSA) is 77.2 Å². The second-order valence-electron chi connectivity index (χ2n) is 4.69. The molecular weight excluding hydrogens is 302 g/mol. The summed E-state index contributed by atoms with van der Waals surface area (Å²) < 4.78 is 4.85. The fourth-order valence-electron chi connectivity index (χ4n) is 2.06. The fraction of sp³-hybridized carbons (Fsp3) is 0.250. The second-order valence-corrected chi connectivity index (χ2v) is 4.69. The molecule has 0 amide bonds. The van der Waals surface area contributed by atoms with Crippen molar-refractivity contribution in [3.63, 3.8) is 0 Å². The number of benzene rings is 1. The van der Waals surface area contributed by atoms with Crippen molar-refractivity contribution in [2.75, 3.05) is 12.8 Å². The number of ether oxygens (including phenoxy) is 1. The van der Waals surface area contributed by atoms with E-state index in [2.05, 4.69) is 10.3 Å². The predicted molar refractivity (Wildman–Crippen MR) is 88.7 cm³/mol. The van der Waals surface area contributed by atoms with Crippen LogP contribution in [0, 0.1) is 0 Å². The summed E-state index contributed by atoms with van der Waals surface area (Å²) in [4.78, 5) is 15.9. The highest BCUT2D eigenvalue weighted by atomic mass is 35.5. The van der Waals surface area contributed by atoms with Crippen molar-refractivity contribution >= 4 is 24.2 Å². The first-order valence-electron chi connectivity index (χ1n) is 6.75. The Labute approximate surface area is 136 Å². The second kappa shape index (κ2) is 9.02. The largest absolute Gasteiger partial charge is 0.468 e. The number of nitrogens with two attached hydrogens (primary N) is 1. The molecule has 0 aliphatic rings. The van der Waals surface area contributed by atoms with Crippen LogP contribution in [0.3, 0.4) is 0 Å². The number of hydrogen-bond acceptors (Lipinski definition) is 5. The Morgan fingerprint density at radius 3 is 2.64 bits per heavy atom. The van der Waals surface area contributed by atoms with Gasteiger partial charge in [0.2, 0.25) is 0 Å². The third-order valence-corrected chi connectivity index (χ3v) is 3.23. The van der Waals surface area contributed by atoms with Crippen LogP contribution in [0.5, 0.6) is 0 Å². The number of halogens is 1. The Morgan fingerprint density at radius 2 is 2.00 bits per heavy atom. The number of methoxy groups -OCH3 is 1. The minimum atomic E-state index is -0.419. The first-order valence-corrected chi connectivity index (χ1v) is 6.75. The van der Waals surface area contributed by atoms with Crippen molar-refractivity contribution in [2.24, 2.45) is 0 Å². The zero-order valence-corrected chi connectivity index (χ0v) is 13.2. The average molecular weight is 322 g/mol. The minimum Gasteiger partial charge on any atom is -0.468 e. The van der Waals surface area contributed by atoms with Crippen LogP contribution < -0.4 is 11.1 Å². The van der Waals surface area contributed by atoms with E-state index >= 15 is 0 Å². The summed E-state index contributed by atoms with van der Waals surface area (Å²) >= 11 is 0. The van der Waals surface area contributed by atoms with E-state index in [4.69, 9.17) is 10.5 Å². The molecule has 0 saturated heterocycles. The zero-order valence-electron chi connectivity index (χ0n) is 12.4. The lowest BCUT2D eigenvalue weighted by Crippen LogP contribution is -2.39. The van der Waals surface area contributed by atoms with E-state index < -0.39 is 6.04 Å². The molecule has 6 heteroatoms. The van der Waals surface area contributed by atoms with Gasteiger partial charge in [0.05, 0.1) is 7.11 Å².